The summed E-state index contributed by atoms with van der Waals surface area (Å²) >= 11 is 0. The molecule has 5 heteroatoms. The molecule has 27 heavy (non-hydrogen) atoms. The summed E-state index contributed by atoms with van der Waals surface area (Å²) in [5.74, 6) is 5.56. The number of aliphatic hydroxyl groups is 1. The molecule has 0 radical (unpaired) electrons. The summed E-state index contributed by atoms with van der Waals surface area (Å²) in [5, 5.41) is 19.1. The topological polar surface area (TPSA) is 77.8 Å². The van der Waals surface area contributed by atoms with Gasteiger partial charge in [0, 0.05) is 37.6 Å². The van der Waals surface area contributed by atoms with Crippen molar-refractivity contribution in [2.45, 2.75) is 90.7 Å². The molecule has 1 heterocycles. The number of hydrogen-bond donors (Lipinski definition) is 2. The van der Waals surface area contributed by atoms with Crippen molar-refractivity contribution >= 4 is 11.9 Å². The fraction of sp³-hybridized carbons (Fsp3) is 0.727. The number of carbonyl (C=O) groups is 2. The monoisotopic (exact) mass is 377 g/mol. The average Bonchev–Trinajstić information content (AvgIpc) is 2.95. The van der Waals surface area contributed by atoms with E-state index in [0.29, 0.717) is 25.8 Å². The van der Waals surface area contributed by atoms with Crippen LogP contribution in [0, 0.1) is 17.3 Å². The number of carboxylic acid groups (broad SMARTS) is 1. The maximum absolute atomic E-state index is 12.1. The van der Waals surface area contributed by atoms with Gasteiger partial charge in [-0.15, -0.1) is 11.8 Å². The molecule has 152 valence electrons. The van der Waals surface area contributed by atoms with Gasteiger partial charge in [0.25, 0.3) is 0 Å². The van der Waals surface area contributed by atoms with Crippen molar-refractivity contribution in [2.24, 2.45) is 5.41 Å². The number of amides is 1. The van der Waals surface area contributed by atoms with Gasteiger partial charge in [0.1, 0.15) is 0 Å². The van der Waals surface area contributed by atoms with Crippen molar-refractivity contribution in [1.29, 1.82) is 0 Å². The van der Waals surface area contributed by atoms with Crippen LogP contribution >= 0.6 is 0 Å². The zero-order valence-corrected chi connectivity index (χ0v) is 17.0. The van der Waals surface area contributed by atoms with Crippen LogP contribution in [0.4, 0.5) is 0 Å². The van der Waals surface area contributed by atoms with Gasteiger partial charge in [-0.1, -0.05) is 45.8 Å². The van der Waals surface area contributed by atoms with E-state index in [0.717, 1.165) is 32.1 Å². The fourth-order valence-corrected chi connectivity index (χ4v) is 3.17. The van der Waals surface area contributed by atoms with E-state index in [9.17, 15) is 14.7 Å². The van der Waals surface area contributed by atoms with Gasteiger partial charge in [-0.3, -0.25) is 9.59 Å². The highest BCUT2D eigenvalue weighted by atomic mass is 16.4. The molecule has 1 aliphatic heterocycles. The maximum Gasteiger partial charge on any atom is 0.303 e. The first-order valence-corrected chi connectivity index (χ1v) is 10.1. The third-order valence-electron chi connectivity index (χ3n) is 5.08. The summed E-state index contributed by atoms with van der Waals surface area (Å²) in [7, 11) is 0. The van der Waals surface area contributed by atoms with Crippen molar-refractivity contribution in [1.82, 2.24) is 4.90 Å². The Kier molecular flexibility index (Phi) is 10.2. The fourth-order valence-electron chi connectivity index (χ4n) is 3.17. The summed E-state index contributed by atoms with van der Waals surface area (Å²) in [4.78, 5) is 24.5. The lowest BCUT2D eigenvalue weighted by atomic mass is 9.83. The Morgan fingerprint density at radius 2 is 2.00 bits per heavy atom. The van der Waals surface area contributed by atoms with Gasteiger partial charge >= 0.3 is 5.97 Å². The molecule has 1 aliphatic rings. The van der Waals surface area contributed by atoms with E-state index in [2.05, 4.69) is 11.8 Å². The van der Waals surface area contributed by atoms with Crippen LogP contribution < -0.4 is 0 Å². The summed E-state index contributed by atoms with van der Waals surface area (Å²) < 4.78 is 0. The first-order chi connectivity index (χ1) is 12.8. The number of nitrogens with zero attached hydrogens (tertiary/aromatic N) is 1. The zero-order valence-electron chi connectivity index (χ0n) is 17.0. The number of aliphatic carboxylic acids is 1. The van der Waals surface area contributed by atoms with E-state index in [1.807, 2.05) is 37.8 Å². The van der Waals surface area contributed by atoms with E-state index < -0.39 is 12.1 Å². The molecule has 0 saturated carbocycles. The van der Waals surface area contributed by atoms with E-state index in [1.165, 1.54) is 0 Å². The van der Waals surface area contributed by atoms with Crippen molar-refractivity contribution in [3.05, 3.63) is 12.2 Å². The zero-order chi connectivity index (χ0) is 20.3. The van der Waals surface area contributed by atoms with Gasteiger partial charge in [0.05, 0.1) is 12.1 Å². The second-order valence-electron chi connectivity index (χ2n) is 7.95. The summed E-state index contributed by atoms with van der Waals surface area (Å²) in [6.45, 7) is 6.71. The third-order valence-corrected chi connectivity index (χ3v) is 5.08. The van der Waals surface area contributed by atoms with Gasteiger partial charge in [0.15, 0.2) is 0 Å². The SMILES string of the molecule is CCC#CCC(C)(C)[C@H](O)/C=C/[C@H]1CCC(=O)N1CCCCCCC(=O)O. The first kappa shape index (κ1) is 23.2. The Labute approximate surface area is 163 Å². The van der Waals surface area contributed by atoms with Crippen molar-refractivity contribution in [3.63, 3.8) is 0 Å². The maximum atomic E-state index is 12.1. The number of carboxylic acids is 1. The Balaban J connectivity index is 2.48. The van der Waals surface area contributed by atoms with E-state index in [1.54, 1.807) is 0 Å². The Bertz CT molecular complexity index is 571. The highest BCUT2D eigenvalue weighted by Gasteiger charge is 2.30. The smallest absolute Gasteiger partial charge is 0.303 e. The van der Waals surface area contributed by atoms with Crippen LogP contribution in [0.3, 0.4) is 0 Å². The minimum Gasteiger partial charge on any atom is -0.481 e. The quantitative estimate of drug-likeness (QED) is 0.326. The highest BCUT2D eigenvalue weighted by Crippen LogP contribution is 2.27. The molecule has 1 fully saturated rings. The van der Waals surface area contributed by atoms with Crippen LogP contribution in [-0.4, -0.2) is 45.7 Å². The average molecular weight is 378 g/mol. The molecular formula is C22H35NO4. The molecule has 1 saturated heterocycles. The van der Waals surface area contributed by atoms with Gasteiger partial charge < -0.3 is 15.1 Å². The van der Waals surface area contributed by atoms with Crippen molar-refractivity contribution < 1.29 is 19.8 Å². The molecule has 5 nitrogen and oxygen atoms in total. The summed E-state index contributed by atoms with van der Waals surface area (Å²) in [6, 6.07) is 0.0451. The predicted octanol–water partition coefficient (Wildman–Crippen LogP) is 3.76. The summed E-state index contributed by atoms with van der Waals surface area (Å²) in [5.41, 5.74) is -0.323. The first-order valence-electron chi connectivity index (χ1n) is 10.1. The van der Waals surface area contributed by atoms with Crippen LogP contribution in [0.5, 0.6) is 0 Å². The minimum absolute atomic E-state index is 0.0451. The molecule has 0 aliphatic carbocycles. The molecule has 0 spiro atoms. The molecule has 2 atom stereocenters. The van der Waals surface area contributed by atoms with Crippen LogP contribution in [0.15, 0.2) is 12.2 Å². The predicted molar refractivity (Wildman–Crippen MR) is 107 cm³/mol. The van der Waals surface area contributed by atoms with Gasteiger partial charge in [0.2, 0.25) is 5.91 Å². The second-order valence-corrected chi connectivity index (χ2v) is 7.95. The third kappa shape index (κ3) is 8.62. The van der Waals surface area contributed by atoms with Crippen LogP contribution in [0.25, 0.3) is 0 Å². The number of hydrogen-bond acceptors (Lipinski definition) is 3. The molecular weight excluding hydrogens is 342 g/mol. The largest absolute Gasteiger partial charge is 0.481 e. The lowest BCUT2D eigenvalue weighted by molar-refractivity contribution is -0.137. The number of aliphatic hydroxyl groups excluding tert-OH is 1. The molecule has 0 unspecified atom stereocenters. The molecule has 0 aromatic rings. The molecule has 0 aromatic heterocycles. The highest BCUT2D eigenvalue weighted by molar-refractivity contribution is 5.79. The lowest BCUT2D eigenvalue weighted by Crippen LogP contribution is -2.33. The Morgan fingerprint density at radius 3 is 2.67 bits per heavy atom. The second kappa shape index (κ2) is 11.8. The number of unbranched alkanes of at least 4 members (excludes halogenated alkanes) is 3. The molecule has 0 bridgehead atoms. The molecule has 1 rings (SSSR count). The lowest BCUT2D eigenvalue weighted by Gasteiger charge is -2.27. The Morgan fingerprint density at radius 1 is 1.30 bits per heavy atom. The van der Waals surface area contributed by atoms with E-state index >= 15 is 0 Å². The molecule has 2 N–H and O–H groups in total. The number of rotatable bonds is 11. The minimum atomic E-state index is -0.753. The summed E-state index contributed by atoms with van der Waals surface area (Å²) in [6.07, 6.45) is 9.57. The van der Waals surface area contributed by atoms with Crippen molar-refractivity contribution in [3.8, 4) is 11.8 Å². The van der Waals surface area contributed by atoms with Crippen LogP contribution in [0.2, 0.25) is 0 Å². The van der Waals surface area contributed by atoms with Gasteiger partial charge in [-0.2, -0.15) is 0 Å². The number of carbonyl (C=O) groups excluding carboxylic acids is 1. The standard InChI is InChI=1S/C22H35NO4/c1-4-5-9-16-22(2,3)19(24)14-12-18-13-15-20(25)23(18)17-10-7-6-8-11-21(26)27/h12,14,18-19,24H,4,6-8,10-11,13,15-17H2,1-3H3,(H,26,27)/b14-12+/t18-,19+/m0/s1. The van der Waals surface area contributed by atoms with E-state index in [4.69, 9.17) is 5.11 Å². The normalized spacial score (nSPS) is 18.6. The van der Waals surface area contributed by atoms with Gasteiger partial charge in [-0.05, 0) is 19.3 Å². The van der Waals surface area contributed by atoms with E-state index in [-0.39, 0.29) is 23.8 Å². The van der Waals surface area contributed by atoms with Gasteiger partial charge in [-0.25, -0.2) is 0 Å². The Hall–Kier alpha value is -1.80. The van der Waals surface area contributed by atoms with Crippen LogP contribution in [0.1, 0.15) is 78.6 Å². The number of likely N-dealkylation sites (tertiary alicyclic amines) is 1. The molecule has 1 amide bonds. The molecule has 0 aromatic carbocycles. The van der Waals surface area contributed by atoms with Crippen molar-refractivity contribution in [2.75, 3.05) is 6.54 Å². The van der Waals surface area contributed by atoms with Crippen LogP contribution in [-0.2, 0) is 9.59 Å².